The first-order chi connectivity index (χ1) is 9.26. The molecule has 2 aliphatic rings. The van der Waals surface area contributed by atoms with Gasteiger partial charge in [0.2, 0.25) is 5.91 Å². The number of amides is 1. The van der Waals surface area contributed by atoms with Crippen molar-refractivity contribution in [3.8, 4) is 0 Å². The fourth-order valence-corrected chi connectivity index (χ4v) is 3.25. The van der Waals surface area contributed by atoms with E-state index in [-0.39, 0.29) is 17.4 Å². The van der Waals surface area contributed by atoms with Crippen LogP contribution < -0.4 is 5.32 Å². The molecule has 1 atom stereocenters. The Morgan fingerprint density at radius 1 is 1.15 bits per heavy atom. The minimum atomic E-state index is -0.749. The maximum atomic E-state index is 12.7. The van der Waals surface area contributed by atoms with Crippen LogP contribution in [0.3, 0.4) is 0 Å². The van der Waals surface area contributed by atoms with Gasteiger partial charge in [-0.1, -0.05) is 13.8 Å². The number of hydrogen-bond acceptors (Lipinski definition) is 3. The van der Waals surface area contributed by atoms with Crippen molar-refractivity contribution in [2.24, 2.45) is 10.8 Å². The molecular weight excluding hydrogens is 256 g/mol. The van der Waals surface area contributed by atoms with Crippen molar-refractivity contribution in [1.29, 1.82) is 0 Å². The molecule has 2 N–H and O–H groups in total. The predicted octanol–water partition coefficient (Wildman–Crippen LogP) is 1.48. The molecule has 2 saturated heterocycles. The van der Waals surface area contributed by atoms with Gasteiger partial charge in [0.25, 0.3) is 0 Å². The topological polar surface area (TPSA) is 69.6 Å². The van der Waals surface area contributed by atoms with Gasteiger partial charge in [-0.15, -0.1) is 0 Å². The maximum Gasteiger partial charge on any atom is 0.309 e. The molecule has 2 rings (SSSR count). The number of nitrogens with one attached hydrogen (secondary N) is 1. The summed E-state index contributed by atoms with van der Waals surface area (Å²) in [5, 5.41) is 12.6. The quantitative estimate of drug-likeness (QED) is 0.805. The van der Waals surface area contributed by atoms with Crippen LogP contribution in [0.2, 0.25) is 0 Å². The maximum absolute atomic E-state index is 12.7. The number of nitrogens with zero attached hydrogens (tertiary/aromatic N) is 1. The van der Waals surface area contributed by atoms with E-state index in [1.165, 1.54) is 0 Å². The largest absolute Gasteiger partial charge is 0.481 e. The Hall–Kier alpha value is -1.10. The third kappa shape index (κ3) is 2.82. The number of carbonyl (C=O) groups excluding carboxylic acids is 1. The second kappa shape index (κ2) is 5.35. The van der Waals surface area contributed by atoms with E-state index in [4.69, 9.17) is 0 Å². The highest BCUT2D eigenvalue weighted by atomic mass is 16.4. The summed E-state index contributed by atoms with van der Waals surface area (Å²) in [4.78, 5) is 25.7. The molecule has 0 aromatic rings. The number of carboxylic acids is 1. The summed E-state index contributed by atoms with van der Waals surface area (Å²) in [5.41, 5.74) is -0.699. The van der Waals surface area contributed by atoms with Gasteiger partial charge < -0.3 is 15.3 Å². The zero-order chi connectivity index (χ0) is 15.0. The van der Waals surface area contributed by atoms with Gasteiger partial charge in [-0.2, -0.15) is 0 Å². The number of carbonyl (C=O) groups is 2. The predicted molar refractivity (Wildman–Crippen MR) is 76.4 cm³/mol. The summed E-state index contributed by atoms with van der Waals surface area (Å²) in [6.07, 6.45) is 3.24. The first kappa shape index (κ1) is 15.3. The molecule has 0 aromatic heterocycles. The first-order valence-electron chi connectivity index (χ1n) is 7.52. The molecule has 5 heteroatoms. The van der Waals surface area contributed by atoms with Gasteiger partial charge in [0, 0.05) is 13.1 Å². The van der Waals surface area contributed by atoms with Crippen LogP contribution in [0.15, 0.2) is 0 Å². The van der Waals surface area contributed by atoms with Crippen molar-refractivity contribution in [3.63, 3.8) is 0 Å². The third-order valence-corrected chi connectivity index (χ3v) is 5.07. The van der Waals surface area contributed by atoms with Gasteiger partial charge in [0.05, 0.1) is 11.5 Å². The van der Waals surface area contributed by atoms with Crippen LogP contribution in [-0.4, -0.2) is 47.6 Å². The molecule has 0 aromatic carbocycles. The molecule has 5 nitrogen and oxygen atoms in total. The average molecular weight is 282 g/mol. The number of rotatable bonds is 2. The van der Waals surface area contributed by atoms with E-state index < -0.39 is 11.4 Å². The van der Waals surface area contributed by atoms with E-state index >= 15 is 0 Å². The Bertz CT molecular complexity index is 398. The van der Waals surface area contributed by atoms with Crippen LogP contribution in [0.1, 0.15) is 46.5 Å². The summed E-state index contributed by atoms with van der Waals surface area (Å²) in [5.74, 6) is -0.608. The van der Waals surface area contributed by atoms with E-state index in [0.29, 0.717) is 25.9 Å². The van der Waals surface area contributed by atoms with Crippen LogP contribution in [-0.2, 0) is 9.59 Å². The number of carboxylic acid groups (broad SMARTS) is 1. The van der Waals surface area contributed by atoms with Crippen molar-refractivity contribution in [3.05, 3.63) is 0 Å². The van der Waals surface area contributed by atoms with E-state index in [1.54, 1.807) is 6.92 Å². The van der Waals surface area contributed by atoms with Gasteiger partial charge >= 0.3 is 5.97 Å². The normalized spacial score (nSPS) is 28.9. The molecule has 1 amide bonds. The van der Waals surface area contributed by atoms with Gasteiger partial charge in [0.15, 0.2) is 0 Å². The van der Waals surface area contributed by atoms with Crippen LogP contribution in [0, 0.1) is 10.8 Å². The second-order valence-electron chi connectivity index (χ2n) is 7.17. The van der Waals surface area contributed by atoms with Crippen LogP contribution >= 0.6 is 0 Å². The van der Waals surface area contributed by atoms with Crippen LogP contribution in [0.25, 0.3) is 0 Å². The highest BCUT2D eigenvalue weighted by Crippen LogP contribution is 2.34. The highest BCUT2D eigenvalue weighted by molar-refractivity contribution is 5.83. The molecule has 0 aliphatic carbocycles. The lowest BCUT2D eigenvalue weighted by molar-refractivity contribution is -0.154. The average Bonchev–Trinajstić information content (AvgIpc) is 2.38. The summed E-state index contributed by atoms with van der Waals surface area (Å²) < 4.78 is 0. The lowest BCUT2D eigenvalue weighted by Gasteiger charge is -2.43. The molecule has 20 heavy (non-hydrogen) atoms. The Balaban J connectivity index is 2.00. The van der Waals surface area contributed by atoms with E-state index in [9.17, 15) is 14.7 Å². The first-order valence-corrected chi connectivity index (χ1v) is 7.52. The second-order valence-corrected chi connectivity index (χ2v) is 7.17. The summed E-state index contributed by atoms with van der Waals surface area (Å²) in [6.45, 7) is 8.03. The standard InChI is InChI=1S/C15H26N2O3/c1-14(2)5-4-8-16-11(14)12(18)17-9-6-15(3,7-10-17)13(19)20/h11,16H,4-10H2,1-3H3,(H,19,20). The van der Waals surface area contributed by atoms with Gasteiger partial charge in [-0.25, -0.2) is 0 Å². The smallest absolute Gasteiger partial charge is 0.309 e. The lowest BCUT2D eigenvalue weighted by Crippen LogP contribution is -2.58. The minimum Gasteiger partial charge on any atom is -0.481 e. The van der Waals surface area contributed by atoms with Gasteiger partial charge in [-0.05, 0) is 44.6 Å². The Kier molecular flexibility index (Phi) is 4.09. The molecule has 2 aliphatic heterocycles. The molecule has 2 heterocycles. The monoisotopic (exact) mass is 282 g/mol. The molecule has 0 radical (unpaired) electrons. The zero-order valence-electron chi connectivity index (χ0n) is 12.7. The van der Waals surface area contributed by atoms with Crippen LogP contribution in [0.4, 0.5) is 0 Å². The third-order valence-electron chi connectivity index (χ3n) is 5.07. The minimum absolute atomic E-state index is 0.0249. The molecule has 114 valence electrons. The lowest BCUT2D eigenvalue weighted by atomic mass is 9.76. The van der Waals surface area contributed by atoms with E-state index in [2.05, 4.69) is 19.2 Å². The number of hydrogen-bond donors (Lipinski definition) is 2. The fraction of sp³-hybridized carbons (Fsp3) is 0.867. The zero-order valence-corrected chi connectivity index (χ0v) is 12.7. The molecule has 1 unspecified atom stereocenters. The van der Waals surface area contributed by atoms with Crippen molar-refractivity contribution >= 4 is 11.9 Å². The van der Waals surface area contributed by atoms with Crippen molar-refractivity contribution < 1.29 is 14.7 Å². The van der Waals surface area contributed by atoms with Crippen molar-refractivity contribution in [2.45, 2.75) is 52.5 Å². The fourth-order valence-electron chi connectivity index (χ4n) is 3.25. The molecule has 0 bridgehead atoms. The summed E-state index contributed by atoms with van der Waals surface area (Å²) in [7, 11) is 0. The highest BCUT2D eigenvalue weighted by Gasteiger charge is 2.43. The number of piperidine rings is 2. The Morgan fingerprint density at radius 2 is 1.75 bits per heavy atom. The molecule has 0 spiro atoms. The SMILES string of the molecule is CC1(C(=O)O)CCN(C(=O)C2NCCCC2(C)C)CC1. The van der Waals surface area contributed by atoms with Gasteiger partial charge in [-0.3, -0.25) is 9.59 Å². The van der Waals surface area contributed by atoms with E-state index in [1.807, 2.05) is 4.90 Å². The molecule has 0 saturated carbocycles. The van der Waals surface area contributed by atoms with Crippen molar-refractivity contribution in [1.82, 2.24) is 10.2 Å². The molecule has 2 fully saturated rings. The molecular formula is C15H26N2O3. The summed E-state index contributed by atoms with van der Waals surface area (Å²) in [6, 6.07) is -0.134. The Labute approximate surface area is 120 Å². The summed E-state index contributed by atoms with van der Waals surface area (Å²) >= 11 is 0. The van der Waals surface area contributed by atoms with Crippen LogP contribution in [0.5, 0.6) is 0 Å². The van der Waals surface area contributed by atoms with Gasteiger partial charge in [0.1, 0.15) is 0 Å². The Morgan fingerprint density at radius 3 is 2.25 bits per heavy atom. The van der Waals surface area contributed by atoms with Crippen molar-refractivity contribution in [2.75, 3.05) is 19.6 Å². The van der Waals surface area contributed by atoms with E-state index in [0.717, 1.165) is 19.4 Å². The number of aliphatic carboxylic acids is 1. The number of likely N-dealkylation sites (tertiary alicyclic amines) is 1.